The second-order valence-electron chi connectivity index (χ2n) is 10.6. The first-order valence-corrected chi connectivity index (χ1v) is 13.6. The number of alkyl halides is 3. The summed E-state index contributed by atoms with van der Waals surface area (Å²) >= 11 is 0. The first kappa shape index (κ1) is 28.4. The molecule has 2 atom stereocenters. The molecular weight excluding hydrogens is 533 g/mol. The van der Waals surface area contributed by atoms with Gasteiger partial charge in [-0.3, -0.25) is 9.59 Å². The third kappa shape index (κ3) is 6.61. The molecular formula is C32H31F3N2O4. The normalized spacial score (nSPS) is 17.9. The smallest absolute Gasteiger partial charge is 0.389 e. The van der Waals surface area contributed by atoms with Crippen molar-refractivity contribution in [1.82, 2.24) is 10.2 Å². The molecule has 0 saturated heterocycles. The Balaban J connectivity index is 1.39. The number of hydrogen-bond donors (Lipinski definition) is 1. The van der Waals surface area contributed by atoms with Gasteiger partial charge in [0.05, 0.1) is 19.1 Å². The summed E-state index contributed by atoms with van der Waals surface area (Å²) in [7, 11) is 1.31. The van der Waals surface area contributed by atoms with Crippen molar-refractivity contribution in [2.75, 3.05) is 13.7 Å². The molecule has 1 heterocycles. The van der Waals surface area contributed by atoms with Gasteiger partial charge in [-0.2, -0.15) is 13.2 Å². The van der Waals surface area contributed by atoms with E-state index in [0.717, 1.165) is 39.8 Å². The Bertz CT molecular complexity index is 1460. The highest BCUT2D eigenvalue weighted by molar-refractivity contribution is 5.91. The number of amides is 2. The molecule has 6 nitrogen and oxygen atoms in total. The Morgan fingerprint density at radius 3 is 2.51 bits per heavy atom. The van der Waals surface area contributed by atoms with Crippen molar-refractivity contribution in [3.63, 3.8) is 0 Å². The van der Waals surface area contributed by atoms with E-state index in [0.29, 0.717) is 12.0 Å². The average Bonchev–Trinajstić information content (AvgIpc) is 3.79. The highest BCUT2D eigenvalue weighted by Crippen LogP contribution is 2.47. The van der Waals surface area contributed by atoms with Crippen LogP contribution in [0.25, 0.3) is 11.1 Å². The van der Waals surface area contributed by atoms with Gasteiger partial charge in [0.25, 0.3) is 0 Å². The predicted octanol–water partition coefficient (Wildman–Crippen LogP) is 5.79. The van der Waals surface area contributed by atoms with Crippen LogP contribution in [0.1, 0.15) is 57.8 Å². The Kier molecular flexibility index (Phi) is 8.15. The summed E-state index contributed by atoms with van der Waals surface area (Å²) in [6.45, 7) is 0.675. The van der Waals surface area contributed by atoms with Crippen LogP contribution in [0.2, 0.25) is 0 Å². The molecule has 41 heavy (non-hydrogen) atoms. The van der Waals surface area contributed by atoms with Crippen molar-refractivity contribution < 1.29 is 32.3 Å². The largest absolute Gasteiger partial charge is 0.465 e. The summed E-state index contributed by atoms with van der Waals surface area (Å²) in [5.74, 6) is -0.971. The van der Waals surface area contributed by atoms with Crippen LogP contribution >= 0.6 is 0 Å². The van der Waals surface area contributed by atoms with Crippen LogP contribution in [-0.2, 0) is 33.8 Å². The minimum absolute atomic E-state index is 0.0450. The predicted molar refractivity (Wildman–Crippen MR) is 147 cm³/mol. The number of carbonyl (C=O) groups is 3. The van der Waals surface area contributed by atoms with Crippen molar-refractivity contribution in [2.45, 2.75) is 50.9 Å². The number of methoxy groups -OCH3 is 1. The number of nitrogens with one attached hydrogen (secondary N) is 1. The number of hydrogen-bond acceptors (Lipinski definition) is 4. The number of halogens is 3. The molecule has 0 aromatic heterocycles. The topological polar surface area (TPSA) is 75.7 Å². The van der Waals surface area contributed by atoms with E-state index in [1.165, 1.54) is 12.0 Å². The average molecular weight is 565 g/mol. The van der Waals surface area contributed by atoms with Gasteiger partial charge in [-0.05, 0) is 64.3 Å². The van der Waals surface area contributed by atoms with Gasteiger partial charge in [-0.1, -0.05) is 54.6 Å². The summed E-state index contributed by atoms with van der Waals surface area (Å²) in [5, 5.41) is 3.04. The molecule has 5 rings (SSSR count). The second-order valence-corrected chi connectivity index (χ2v) is 10.6. The lowest BCUT2D eigenvalue weighted by Crippen LogP contribution is -2.37. The summed E-state index contributed by atoms with van der Waals surface area (Å²) in [6.07, 6.45) is -4.95. The van der Waals surface area contributed by atoms with E-state index in [9.17, 15) is 27.6 Å². The molecule has 1 N–H and O–H groups in total. The molecule has 0 bridgehead atoms. The summed E-state index contributed by atoms with van der Waals surface area (Å²) in [5.41, 5.74) is 5.77. The van der Waals surface area contributed by atoms with Gasteiger partial charge in [0.2, 0.25) is 11.8 Å². The third-order valence-electron chi connectivity index (χ3n) is 7.89. The van der Waals surface area contributed by atoms with Crippen LogP contribution in [0, 0.1) is 5.92 Å². The van der Waals surface area contributed by atoms with Gasteiger partial charge < -0.3 is 15.0 Å². The molecule has 0 spiro atoms. The van der Waals surface area contributed by atoms with Gasteiger partial charge in [0, 0.05) is 32.0 Å². The number of carbonyl (C=O) groups excluding carboxylic acids is 3. The molecule has 3 aromatic carbocycles. The zero-order chi connectivity index (χ0) is 29.1. The van der Waals surface area contributed by atoms with Crippen LogP contribution < -0.4 is 5.32 Å². The summed E-state index contributed by atoms with van der Waals surface area (Å²) in [4.78, 5) is 39.3. The van der Waals surface area contributed by atoms with E-state index in [2.05, 4.69) is 5.32 Å². The van der Waals surface area contributed by atoms with Crippen LogP contribution in [0.15, 0.2) is 66.7 Å². The number of benzene rings is 3. The monoisotopic (exact) mass is 564 g/mol. The van der Waals surface area contributed by atoms with E-state index >= 15 is 0 Å². The zero-order valence-electron chi connectivity index (χ0n) is 22.7. The SMILES string of the molecule is COC(=O)c1cccc(-c2ccc(CNC(=O)[C@@H]3C[C@H]3c3ccccc3)c3c2CCN(C(=O)CCC(F)(F)F)C3)c1. The maximum absolute atomic E-state index is 13.0. The van der Waals surface area contributed by atoms with Gasteiger partial charge in [0.15, 0.2) is 0 Å². The minimum atomic E-state index is -4.41. The van der Waals surface area contributed by atoms with E-state index in [-0.39, 0.29) is 37.4 Å². The van der Waals surface area contributed by atoms with Crippen molar-refractivity contribution >= 4 is 17.8 Å². The van der Waals surface area contributed by atoms with Gasteiger partial charge in [-0.25, -0.2) is 4.79 Å². The third-order valence-corrected chi connectivity index (χ3v) is 7.89. The summed E-state index contributed by atoms with van der Waals surface area (Å²) < 4.78 is 43.2. The van der Waals surface area contributed by atoms with Gasteiger partial charge in [0.1, 0.15) is 0 Å². The molecule has 1 fully saturated rings. The lowest BCUT2D eigenvalue weighted by molar-refractivity contribution is -0.149. The molecule has 2 aliphatic rings. The molecule has 214 valence electrons. The molecule has 1 aliphatic heterocycles. The van der Waals surface area contributed by atoms with E-state index in [1.54, 1.807) is 18.2 Å². The molecule has 1 aliphatic carbocycles. The minimum Gasteiger partial charge on any atom is -0.465 e. The number of nitrogens with zero attached hydrogens (tertiary/aromatic N) is 1. The standard InChI is InChI=1S/C32H31F3N2O4/c1-41-31(40)22-9-5-8-21(16-22)24-11-10-23(18-36-30(39)27-17-26(27)20-6-3-2-4-7-20)28-19-37(15-13-25(24)28)29(38)12-14-32(33,34)35/h2-11,16,26-27H,12-15,17-19H2,1H3,(H,36,39)/t26-,27+/m0/s1. The molecule has 0 unspecified atom stereocenters. The zero-order valence-corrected chi connectivity index (χ0v) is 22.7. The van der Waals surface area contributed by atoms with Crippen molar-refractivity contribution in [3.05, 3.63) is 94.5 Å². The quantitative estimate of drug-likeness (QED) is 0.352. The Morgan fingerprint density at radius 2 is 1.78 bits per heavy atom. The summed E-state index contributed by atoms with van der Waals surface area (Å²) in [6, 6.07) is 20.7. The highest BCUT2D eigenvalue weighted by Gasteiger charge is 2.43. The highest BCUT2D eigenvalue weighted by atomic mass is 19.4. The molecule has 2 amide bonds. The molecule has 0 radical (unpaired) electrons. The number of fused-ring (bicyclic) bond motifs is 1. The Hall–Kier alpha value is -4.14. The van der Waals surface area contributed by atoms with Gasteiger partial charge in [-0.15, -0.1) is 0 Å². The molecule has 3 aromatic rings. The lowest BCUT2D eigenvalue weighted by atomic mass is 9.87. The lowest BCUT2D eigenvalue weighted by Gasteiger charge is -2.32. The van der Waals surface area contributed by atoms with Crippen molar-refractivity contribution in [2.24, 2.45) is 5.92 Å². The Morgan fingerprint density at radius 1 is 1.00 bits per heavy atom. The molecule has 9 heteroatoms. The second kappa shape index (κ2) is 11.8. The first-order chi connectivity index (χ1) is 19.6. The fourth-order valence-corrected chi connectivity index (χ4v) is 5.59. The van der Waals surface area contributed by atoms with E-state index < -0.39 is 30.9 Å². The maximum atomic E-state index is 13.0. The number of ether oxygens (including phenoxy) is 1. The first-order valence-electron chi connectivity index (χ1n) is 13.6. The number of esters is 1. The van der Waals surface area contributed by atoms with Crippen LogP contribution in [0.4, 0.5) is 13.2 Å². The van der Waals surface area contributed by atoms with Crippen LogP contribution in [0.3, 0.4) is 0 Å². The van der Waals surface area contributed by atoms with Crippen molar-refractivity contribution in [1.29, 1.82) is 0 Å². The fourth-order valence-electron chi connectivity index (χ4n) is 5.59. The van der Waals surface area contributed by atoms with E-state index in [4.69, 9.17) is 4.74 Å². The van der Waals surface area contributed by atoms with Crippen LogP contribution in [-0.4, -0.2) is 42.5 Å². The van der Waals surface area contributed by atoms with Gasteiger partial charge >= 0.3 is 12.1 Å². The maximum Gasteiger partial charge on any atom is 0.389 e. The van der Waals surface area contributed by atoms with Crippen molar-refractivity contribution in [3.8, 4) is 11.1 Å². The Labute approximate surface area is 236 Å². The van der Waals surface area contributed by atoms with Crippen LogP contribution in [0.5, 0.6) is 0 Å². The van der Waals surface area contributed by atoms with E-state index in [1.807, 2.05) is 48.5 Å². The molecule has 1 saturated carbocycles. The number of rotatable bonds is 8. The fraction of sp³-hybridized carbons (Fsp3) is 0.344.